The van der Waals surface area contributed by atoms with Gasteiger partial charge in [-0.25, -0.2) is 0 Å². The van der Waals surface area contributed by atoms with Crippen LogP contribution in [0.3, 0.4) is 0 Å². The average molecular weight is 881 g/mol. The molecule has 8 rings (SSSR count). The Morgan fingerprint density at radius 1 is 0.730 bits per heavy atom. The highest BCUT2D eigenvalue weighted by molar-refractivity contribution is 7.59. The molecule has 0 aliphatic carbocycles. The van der Waals surface area contributed by atoms with Gasteiger partial charge in [-0.1, -0.05) is 113 Å². The van der Waals surface area contributed by atoms with Crippen molar-refractivity contribution in [2.45, 2.75) is 154 Å². The summed E-state index contributed by atoms with van der Waals surface area (Å²) in [5, 5.41) is 12.1. The van der Waals surface area contributed by atoms with Crippen LogP contribution in [0.4, 0.5) is 0 Å². The number of methoxy groups -OCH3 is 3. The molecule has 0 spiro atoms. The summed E-state index contributed by atoms with van der Waals surface area (Å²) in [5.74, 6) is 3.79. The molecule has 4 aromatic rings. The molecule has 2 bridgehead atoms. The second-order valence-electron chi connectivity index (χ2n) is 22.6. The van der Waals surface area contributed by atoms with Gasteiger partial charge >= 0.3 is 0 Å². The van der Waals surface area contributed by atoms with Crippen molar-refractivity contribution >= 4 is 18.3 Å². The Kier molecular flexibility index (Phi) is 13.9. The Hall–Kier alpha value is -3.68. The van der Waals surface area contributed by atoms with E-state index in [0.717, 1.165) is 86.6 Å². The maximum absolute atomic E-state index is 14.5. The second kappa shape index (κ2) is 17.9. The number of ether oxygens (including phenoxy) is 3. The van der Waals surface area contributed by atoms with Gasteiger partial charge in [0.15, 0.2) is 0 Å². The summed E-state index contributed by atoms with van der Waals surface area (Å²) in [7, 11) is 1.49. The van der Waals surface area contributed by atoms with E-state index in [0.29, 0.717) is 24.7 Å². The number of aromatic nitrogens is 1. The van der Waals surface area contributed by atoms with Crippen molar-refractivity contribution in [3.63, 3.8) is 0 Å². The Labute approximate surface area is 379 Å². The van der Waals surface area contributed by atoms with E-state index in [1.165, 1.54) is 6.42 Å². The molecule has 0 saturated carbocycles. The summed E-state index contributed by atoms with van der Waals surface area (Å²) in [6, 6.07) is 16.5. The smallest absolute Gasteiger partial charge is 0.215 e. The Balaban J connectivity index is 0.000000233. The topological polar surface area (TPSA) is 101 Å². The molecule has 4 fully saturated rings. The van der Waals surface area contributed by atoms with Crippen LogP contribution in [0.1, 0.15) is 165 Å². The van der Waals surface area contributed by atoms with Crippen LogP contribution in [0.25, 0.3) is 10.9 Å². The normalized spacial score (nSPS) is 24.1. The lowest BCUT2D eigenvalue weighted by atomic mass is 9.73. The van der Waals surface area contributed by atoms with Crippen molar-refractivity contribution in [1.29, 1.82) is 0 Å². The molecule has 2 N–H and O–H groups in total. The van der Waals surface area contributed by atoms with Crippen molar-refractivity contribution in [2.75, 3.05) is 34.4 Å². The molecule has 0 radical (unpaired) electrons. The quantitative estimate of drug-likeness (QED) is 0.133. The molecular formula is C54H77N2O6P. The van der Waals surface area contributed by atoms with Crippen molar-refractivity contribution in [2.24, 2.45) is 11.8 Å². The summed E-state index contributed by atoms with van der Waals surface area (Å²) in [6.07, 6.45) is 6.98. The van der Waals surface area contributed by atoms with Gasteiger partial charge in [0, 0.05) is 46.4 Å². The lowest BCUT2D eigenvalue weighted by Gasteiger charge is -2.50. The largest absolute Gasteiger partial charge is 0.497 e. The van der Waals surface area contributed by atoms with Gasteiger partial charge in [-0.3, -0.25) is 14.4 Å². The maximum atomic E-state index is 14.5. The fourth-order valence-corrected chi connectivity index (χ4v) is 13.1. The number of benzene rings is 3. The molecule has 4 aliphatic heterocycles. The maximum Gasteiger partial charge on any atom is 0.215 e. The molecule has 8 nitrogen and oxygen atoms in total. The molecule has 3 aromatic carbocycles. The summed E-state index contributed by atoms with van der Waals surface area (Å²) in [4.78, 5) is 18.8. The zero-order chi connectivity index (χ0) is 46.6. The number of hydrogen-bond donors (Lipinski definition) is 2. The van der Waals surface area contributed by atoms with Crippen LogP contribution in [0.5, 0.6) is 17.2 Å². The van der Waals surface area contributed by atoms with E-state index >= 15 is 0 Å². The number of aliphatic hydroxyl groups excluding tert-OH is 1. The number of rotatable bonds is 8. The van der Waals surface area contributed by atoms with Crippen LogP contribution < -0.4 is 14.2 Å². The van der Waals surface area contributed by atoms with E-state index in [4.69, 9.17) is 14.2 Å². The SMILES string of the molecule is C=C[C@H]1CN2CC[C@H]1C[C@H]2[C@H](O)c1ccnc2ccc(OC)cc12.COc1c(C(C)(C)C)cc([C@@H]2CC[C@@H](c3cc(C(C)(C)C)c(OC)c(C(C)(C)C)c3)P2(=O)O)cc1C(C)(C)C. The molecule has 7 atom stereocenters. The lowest BCUT2D eigenvalue weighted by molar-refractivity contribution is -0.0444. The predicted molar refractivity (Wildman–Crippen MR) is 260 cm³/mol. The van der Waals surface area contributed by atoms with Crippen molar-refractivity contribution in [3.8, 4) is 17.2 Å². The van der Waals surface area contributed by atoms with Crippen LogP contribution in [0, 0.1) is 11.8 Å². The van der Waals surface area contributed by atoms with Crippen LogP contribution in [-0.2, 0) is 26.2 Å². The molecule has 4 aliphatic rings. The minimum absolute atomic E-state index is 0.169. The molecule has 344 valence electrons. The van der Waals surface area contributed by atoms with E-state index in [1.54, 1.807) is 27.5 Å². The first-order valence-corrected chi connectivity index (χ1v) is 24.8. The first-order chi connectivity index (χ1) is 29.3. The third-order valence-electron chi connectivity index (χ3n) is 14.1. The van der Waals surface area contributed by atoms with Crippen LogP contribution in [0.2, 0.25) is 0 Å². The summed E-state index contributed by atoms with van der Waals surface area (Å²) in [5.41, 5.74) is 6.62. The van der Waals surface area contributed by atoms with Crippen LogP contribution in [0.15, 0.2) is 67.4 Å². The van der Waals surface area contributed by atoms with Gasteiger partial charge in [0.1, 0.15) is 17.2 Å². The first kappa shape index (κ1) is 48.8. The van der Waals surface area contributed by atoms with Crippen LogP contribution >= 0.6 is 7.37 Å². The minimum Gasteiger partial charge on any atom is -0.497 e. The van der Waals surface area contributed by atoms with Crippen molar-refractivity contribution in [3.05, 3.63) is 106 Å². The standard InChI is InChI=1S/C34H53O4P.C20H24N2O2/c1-31(2,3)23-17-21(18-24(29(23)37-13)32(4,5)6)27-15-16-28(39(27,35)36)22-19-25(33(7,8)9)30(38-14)26(20-22)34(10,11)12;1-3-13-12-22-9-7-14(13)10-19(22)20(23)16-6-8-21-18-5-4-15(24-2)11-17(16)18/h17-20,27-28H,15-16H2,1-14H3,(H,35,36);3-6,8,11,13-14,19-20,23H,1,7,9-10,12H2,2H3/t27-,28-;13-,14-,19-,20+/m00/s1. The van der Waals surface area contributed by atoms with Crippen LogP contribution in [-0.4, -0.2) is 60.3 Å². The number of piperidine rings is 3. The molecule has 1 aromatic heterocycles. The third kappa shape index (κ3) is 9.81. The van der Waals surface area contributed by atoms with Gasteiger partial charge < -0.3 is 24.2 Å². The van der Waals surface area contributed by atoms with Gasteiger partial charge in [-0.05, 0) is 107 Å². The van der Waals surface area contributed by atoms with Gasteiger partial charge in [-0.2, -0.15) is 0 Å². The first-order valence-electron chi connectivity index (χ1n) is 23.0. The van der Waals surface area contributed by atoms with Gasteiger partial charge in [0.2, 0.25) is 7.37 Å². The fraction of sp³-hybridized carbons (Fsp3) is 0.574. The molecule has 9 heteroatoms. The van der Waals surface area contributed by atoms with E-state index < -0.39 is 24.8 Å². The van der Waals surface area contributed by atoms with E-state index in [2.05, 4.69) is 130 Å². The number of pyridine rings is 1. The number of hydrogen-bond acceptors (Lipinski definition) is 7. The molecule has 4 saturated heterocycles. The molecule has 1 unspecified atom stereocenters. The van der Waals surface area contributed by atoms with E-state index in [1.807, 2.05) is 24.3 Å². The summed E-state index contributed by atoms with van der Waals surface area (Å²) < 4.78 is 31.8. The molecule has 0 amide bonds. The molecule has 63 heavy (non-hydrogen) atoms. The van der Waals surface area contributed by atoms with Crippen molar-refractivity contribution < 1.29 is 28.8 Å². The van der Waals surface area contributed by atoms with Gasteiger partial charge in [0.05, 0.1) is 44.3 Å². The molecular weight excluding hydrogens is 804 g/mol. The van der Waals surface area contributed by atoms with E-state index in [-0.39, 0.29) is 27.7 Å². The van der Waals surface area contributed by atoms with Gasteiger partial charge in [0.25, 0.3) is 0 Å². The fourth-order valence-electron chi connectivity index (χ4n) is 10.5. The Bertz CT molecular complexity index is 2180. The number of aliphatic hydroxyl groups is 1. The number of nitrogens with zero attached hydrogens (tertiary/aromatic N) is 2. The molecule has 5 heterocycles. The monoisotopic (exact) mass is 881 g/mol. The Morgan fingerprint density at radius 3 is 1.59 bits per heavy atom. The highest BCUT2D eigenvalue weighted by Crippen LogP contribution is 2.74. The summed E-state index contributed by atoms with van der Waals surface area (Å²) in [6.45, 7) is 32.2. The van der Waals surface area contributed by atoms with E-state index in [9.17, 15) is 14.6 Å². The minimum atomic E-state index is -3.62. The highest BCUT2D eigenvalue weighted by Gasteiger charge is 2.48. The summed E-state index contributed by atoms with van der Waals surface area (Å²) >= 11 is 0. The van der Waals surface area contributed by atoms with Crippen molar-refractivity contribution in [1.82, 2.24) is 9.88 Å². The lowest BCUT2D eigenvalue weighted by Crippen LogP contribution is -2.54. The predicted octanol–water partition coefficient (Wildman–Crippen LogP) is 12.9. The van der Waals surface area contributed by atoms with Gasteiger partial charge in [-0.15, -0.1) is 6.58 Å². The average Bonchev–Trinajstić information content (AvgIpc) is 3.54. The Morgan fingerprint density at radius 2 is 1.21 bits per heavy atom. The third-order valence-corrected chi connectivity index (χ3v) is 17.0. The zero-order valence-electron chi connectivity index (χ0n) is 41.1. The zero-order valence-corrected chi connectivity index (χ0v) is 42.0. The highest BCUT2D eigenvalue weighted by atomic mass is 31.2. The number of fused-ring (bicyclic) bond motifs is 4. The second-order valence-corrected chi connectivity index (χ2v) is 25.1.